The number of fused-ring (bicyclic) bond motifs is 1. The van der Waals surface area contributed by atoms with Crippen LogP contribution >= 0.6 is 0 Å². The van der Waals surface area contributed by atoms with Crippen LogP contribution in [0.15, 0.2) is 24.3 Å². The molecule has 124 valence electrons. The van der Waals surface area contributed by atoms with Gasteiger partial charge in [-0.3, -0.25) is 14.4 Å². The summed E-state index contributed by atoms with van der Waals surface area (Å²) in [5.41, 5.74) is 1.01. The van der Waals surface area contributed by atoms with Crippen LogP contribution in [0.3, 0.4) is 0 Å². The summed E-state index contributed by atoms with van der Waals surface area (Å²) in [7, 11) is 0. The molecule has 2 rings (SSSR count). The third kappa shape index (κ3) is 3.60. The van der Waals surface area contributed by atoms with E-state index in [1.54, 1.807) is 36.1 Å². The number of ether oxygens (including phenoxy) is 1. The van der Waals surface area contributed by atoms with Gasteiger partial charge >= 0.3 is 5.97 Å². The molecule has 0 aromatic heterocycles. The SMILES string of the molecule is CCCCCCN1C(=O)C(C(=O)OCC)C(=O)c2ccccc21. The van der Waals surface area contributed by atoms with E-state index in [0.29, 0.717) is 17.8 Å². The zero-order valence-corrected chi connectivity index (χ0v) is 13.7. The third-order valence-corrected chi connectivity index (χ3v) is 3.99. The lowest BCUT2D eigenvalue weighted by Gasteiger charge is -2.32. The van der Waals surface area contributed by atoms with Crippen LogP contribution < -0.4 is 4.90 Å². The zero-order chi connectivity index (χ0) is 16.8. The predicted molar refractivity (Wildman–Crippen MR) is 87.4 cm³/mol. The molecule has 1 heterocycles. The summed E-state index contributed by atoms with van der Waals surface area (Å²) in [5.74, 6) is -3.05. The smallest absolute Gasteiger partial charge is 0.326 e. The Balaban J connectivity index is 2.28. The van der Waals surface area contributed by atoms with Gasteiger partial charge in [0.15, 0.2) is 11.7 Å². The van der Waals surface area contributed by atoms with Crippen molar-refractivity contribution in [3.63, 3.8) is 0 Å². The largest absolute Gasteiger partial charge is 0.465 e. The number of hydrogen-bond donors (Lipinski definition) is 0. The number of nitrogens with zero attached hydrogens (tertiary/aromatic N) is 1. The molecule has 0 N–H and O–H groups in total. The van der Waals surface area contributed by atoms with Gasteiger partial charge < -0.3 is 9.64 Å². The fourth-order valence-electron chi connectivity index (χ4n) is 2.82. The lowest BCUT2D eigenvalue weighted by molar-refractivity contribution is -0.149. The lowest BCUT2D eigenvalue weighted by Crippen LogP contribution is -2.48. The molecule has 1 unspecified atom stereocenters. The van der Waals surface area contributed by atoms with Crippen LogP contribution in [0.25, 0.3) is 0 Å². The zero-order valence-electron chi connectivity index (χ0n) is 13.7. The third-order valence-electron chi connectivity index (χ3n) is 3.99. The fourth-order valence-corrected chi connectivity index (χ4v) is 2.82. The molecule has 1 aliphatic rings. The van der Waals surface area contributed by atoms with E-state index < -0.39 is 23.6 Å². The Labute approximate surface area is 136 Å². The summed E-state index contributed by atoms with van der Waals surface area (Å²) >= 11 is 0. The van der Waals surface area contributed by atoms with E-state index in [4.69, 9.17) is 4.74 Å². The first-order valence-corrected chi connectivity index (χ1v) is 8.23. The first-order valence-electron chi connectivity index (χ1n) is 8.23. The molecule has 0 aliphatic carbocycles. The predicted octanol–water partition coefficient (Wildman–Crippen LogP) is 2.98. The van der Waals surface area contributed by atoms with Gasteiger partial charge in [-0.1, -0.05) is 38.3 Å². The number of rotatable bonds is 7. The van der Waals surface area contributed by atoms with Gasteiger partial charge in [-0.15, -0.1) is 0 Å². The van der Waals surface area contributed by atoms with Crippen LogP contribution in [0.1, 0.15) is 49.9 Å². The molecule has 0 radical (unpaired) electrons. The normalized spacial score (nSPS) is 17.1. The van der Waals surface area contributed by atoms with Crippen molar-refractivity contribution in [2.45, 2.75) is 39.5 Å². The van der Waals surface area contributed by atoms with Crippen LogP contribution in [-0.4, -0.2) is 30.8 Å². The highest BCUT2D eigenvalue weighted by Crippen LogP contribution is 2.31. The second kappa shape index (κ2) is 7.90. The number of benzene rings is 1. The average Bonchev–Trinajstić information content (AvgIpc) is 2.54. The van der Waals surface area contributed by atoms with Crippen molar-refractivity contribution in [3.8, 4) is 0 Å². The second-order valence-electron chi connectivity index (χ2n) is 5.62. The van der Waals surface area contributed by atoms with Crippen LogP contribution in [0, 0.1) is 5.92 Å². The maximum absolute atomic E-state index is 12.7. The maximum atomic E-state index is 12.7. The van der Waals surface area contributed by atoms with Gasteiger partial charge in [0.05, 0.1) is 12.3 Å². The molecule has 1 aliphatic heterocycles. The monoisotopic (exact) mass is 317 g/mol. The number of hydrogen-bond acceptors (Lipinski definition) is 4. The van der Waals surface area contributed by atoms with E-state index in [1.165, 1.54) is 0 Å². The molecule has 1 amide bonds. The molecule has 1 aromatic carbocycles. The Morgan fingerprint density at radius 3 is 2.57 bits per heavy atom. The summed E-state index contributed by atoms with van der Waals surface area (Å²) in [4.78, 5) is 38.8. The van der Waals surface area contributed by atoms with Crippen molar-refractivity contribution in [2.75, 3.05) is 18.1 Å². The van der Waals surface area contributed by atoms with Crippen LogP contribution in [0.5, 0.6) is 0 Å². The fraction of sp³-hybridized carbons (Fsp3) is 0.500. The standard InChI is InChI=1S/C18H23NO4/c1-3-5-6-9-12-19-14-11-8-7-10-13(14)16(20)15(17(19)21)18(22)23-4-2/h7-8,10-11,15H,3-6,9,12H2,1-2H3. The van der Waals surface area contributed by atoms with Gasteiger partial charge in [0.1, 0.15) is 0 Å². The number of amides is 1. The average molecular weight is 317 g/mol. The van der Waals surface area contributed by atoms with E-state index in [1.807, 2.05) is 0 Å². The Morgan fingerprint density at radius 1 is 1.13 bits per heavy atom. The van der Waals surface area contributed by atoms with Crippen LogP contribution in [0.2, 0.25) is 0 Å². The Kier molecular flexibility index (Phi) is 5.90. The Hall–Kier alpha value is -2.17. The van der Waals surface area contributed by atoms with Gasteiger partial charge in [0, 0.05) is 12.1 Å². The van der Waals surface area contributed by atoms with Crippen molar-refractivity contribution >= 4 is 23.3 Å². The molecule has 0 saturated carbocycles. The molecular formula is C18H23NO4. The minimum Gasteiger partial charge on any atom is -0.465 e. The summed E-state index contributed by atoms with van der Waals surface area (Å²) in [5, 5.41) is 0. The number of ketones is 1. The number of Topliss-reactive ketones (excluding diaryl/α,β-unsaturated/α-hetero) is 1. The lowest BCUT2D eigenvalue weighted by atomic mass is 9.90. The summed E-state index contributed by atoms with van der Waals surface area (Å²) in [6.07, 6.45) is 4.07. The number of para-hydroxylation sites is 1. The van der Waals surface area contributed by atoms with E-state index in [-0.39, 0.29) is 6.61 Å². The van der Waals surface area contributed by atoms with Gasteiger partial charge in [-0.2, -0.15) is 0 Å². The van der Waals surface area contributed by atoms with Gasteiger partial charge in [-0.05, 0) is 25.5 Å². The topological polar surface area (TPSA) is 63.7 Å². The van der Waals surface area contributed by atoms with Gasteiger partial charge in [-0.25, -0.2) is 0 Å². The summed E-state index contributed by atoms with van der Waals surface area (Å²) < 4.78 is 4.92. The quantitative estimate of drug-likeness (QED) is 0.440. The van der Waals surface area contributed by atoms with Crippen molar-refractivity contribution in [2.24, 2.45) is 5.92 Å². The number of unbranched alkanes of at least 4 members (excludes halogenated alkanes) is 3. The number of carbonyl (C=O) groups excluding carboxylic acids is 3. The molecule has 1 aromatic rings. The molecule has 23 heavy (non-hydrogen) atoms. The maximum Gasteiger partial charge on any atom is 0.326 e. The highest BCUT2D eigenvalue weighted by atomic mass is 16.5. The number of esters is 1. The first-order chi connectivity index (χ1) is 11.1. The second-order valence-corrected chi connectivity index (χ2v) is 5.62. The highest BCUT2D eigenvalue weighted by molar-refractivity contribution is 6.30. The van der Waals surface area contributed by atoms with E-state index in [2.05, 4.69) is 6.92 Å². The molecule has 5 heteroatoms. The molecule has 0 bridgehead atoms. The first kappa shape index (κ1) is 17.2. The molecular weight excluding hydrogens is 294 g/mol. The van der Waals surface area contributed by atoms with Crippen molar-refractivity contribution in [1.29, 1.82) is 0 Å². The number of carbonyl (C=O) groups is 3. The van der Waals surface area contributed by atoms with Gasteiger partial charge in [0.25, 0.3) is 0 Å². The Bertz CT molecular complexity index is 596. The number of anilines is 1. The van der Waals surface area contributed by atoms with Crippen LogP contribution in [0.4, 0.5) is 5.69 Å². The van der Waals surface area contributed by atoms with Crippen LogP contribution in [-0.2, 0) is 14.3 Å². The molecule has 0 saturated heterocycles. The summed E-state index contributed by atoms with van der Waals surface area (Å²) in [6, 6.07) is 6.95. The van der Waals surface area contributed by atoms with E-state index in [0.717, 1.165) is 25.7 Å². The van der Waals surface area contributed by atoms with Crippen molar-refractivity contribution in [1.82, 2.24) is 0 Å². The minimum absolute atomic E-state index is 0.147. The van der Waals surface area contributed by atoms with E-state index >= 15 is 0 Å². The van der Waals surface area contributed by atoms with Crippen molar-refractivity contribution in [3.05, 3.63) is 29.8 Å². The molecule has 5 nitrogen and oxygen atoms in total. The van der Waals surface area contributed by atoms with Crippen molar-refractivity contribution < 1.29 is 19.1 Å². The van der Waals surface area contributed by atoms with E-state index in [9.17, 15) is 14.4 Å². The molecule has 0 fully saturated rings. The minimum atomic E-state index is -1.36. The summed E-state index contributed by atoms with van der Waals surface area (Å²) in [6.45, 7) is 4.44. The highest BCUT2D eigenvalue weighted by Gasteiger charge is 2.44. The van der Waals surface area contributed by atoms with Gasteiger partial charge in [0.2, 0.25) is 5.91 Å². The molecule has 0 spiro atoms. The molecule has 1 atom stereocenters. The Morgan fingerprint density at radius 2 is 1.87 bits per heavy atom.